The topological polar surface area (TPSA) is 32.2 Å². The second kappa shape index (κ2) is 6.54. The van der Waals surface area contributed by atoms with Crippen LogP contribution in [0.1, 0.15) is 0 Å². The highest BCUT2D eigenvalue weighted by molar-refractivity contribution is 7.99. The van der Waals surface area contributed by atoms with Crippen molar-refractivity contribution in [3.05, 3.63) is 97.3 Å². The molecule has 0 spiro atoms. The minimum atomic E-state index is 0.879. The first-order valence-corrected chi connectivity index (χ1v) is 10.4. The number of fused-ring (bicyclic) bond motifs is 5. The SMILES string of the molecule is c1ccc(Sc2ccc(-n3c4c[nH+]ccc4c4c5ccccc5oc43)cc2)cc1. The zero-order valence-electron chi connectivity index (χ0n) is 15.5. The molecule has 6 aromatic rings. The molecule has 0 radical (unpaired) electrons. The minimum absolute atomic E-state index is 0.879. The van der Waals surface area contributed by atoms with Gasteiger partial charge in [-0.15, -0.1) is 0 Å². The molecular formula is C25H17N2OS+. The normalized spacial score (nSPS) is 11.6. The van der Waals surface area contributed by atoms with E-state index in [0.717, 1.165) is 33.3 Å². The number of nitrogens with one attached hydrogen (secondary N) is 1. The second-order valence-corrected chi connectivity index (χ2v) is 8.11. The van der Waals surface area contributed by atoms with E-state index in [9.17, 15) is 0 Å². The van der Waals surface area contributed by atoms with Crippen LogP contribution in [0.15, 0.2) is 112 Å². The van der Waals surface area contributed by atoms with Crippen LogP contribution in [-0.2, 0) is 0 Å². The van der Waals surface area contributed by atoms with Crippen molar-refractivity contribution in [3.63, 3.8) is 0 Å². The number of para-hydroxylation sites is 1. The summed E-state index contributed by atoms with van der Waals surface area (Å²) in [6, 6.07) is 29.4. The fourth-order valence-corrected chi connectivity index (χ4v) is 4.76. The number of aromatic nitrogens is 2. The van der Waals surface area contributed by atoms with Crippen molar-refractivity contribution in [3.8, 4) is 5.69 Å². The van der Waals surface area contributed by atoms with Gasteiger partial charge in [-0.2, -0.15) is 0 Å². The molecule has 0 saturated carbocycles. The van der Waals surface area contributed by atoms with E-state index >= 15 is 0 Å². The number of pyridine rings is 1. The number of benzene rings is 3. The molecule has 0 unspecified atom stereocenters. The number of hydrogen-bond donors (Lipinski definition) is 0. The van der Waals surface area contributed by atoms with Gasteiger partial charge in [-0.05, 0) is 42.5 Å². The predicted molar refractivity (Wildman–Crippen MR) is 118 cm³/mol. The van der Waals surface area contributed by atoms with E-state index < -0.39 is 0 Å². The molecule has 0 aliphatic carbocycles. The summed E-state index contributed by atoms with van der Waals surface area (Å²) in [6.07, 6.45) is 4.00. The highest BCUT2D eigenvalue weighted by Crippen LogP contribution is 2.38. The third kappa shape index (κ3) is 2.64. The maximum atomic E-state index is 6.29. The zero-order valence-corrected chi connectivity index (χ0v) is 16.3. The second-order valence-electron chi connectivity index (χ2n) is 6.97. The molecule has 29 heavy (non-hydrogen) atoms. The number of H-pyrrole nitrogens is 1. The van der Waals surface area contributed by atoms with Gasteiger partial charge in [0.1, 0.15) is 11.1 Å². The molecule has 138 valence electrons. The van der Waals surface area contributed by atoms with E-state index in [1.165, 1.54) is 15.2 Å². The maximum absolute atomic E-state index is 6.29. The molecule has 4 heteroatoms. The van der Waals surface area contributed by atoms with Crippen LogP contribution < -0.4 is 4.98 Å². The molecule has 6 rings (SSSR count). The number of rotatable bonds is 3. The van der Waals surface area contributed by atoms with Gasteiger partial charge in [0.25, 0.3) is 0 Å². The Hall–Kier alpha value is -3.50. The zero-order chi connectivity index (χ0) is 19.2. The molecule has 0 atom stereocenters. The van der Waals surface area contributed by atoms with Gasteiger partial charge < -0.3 is 4.42 Å². The van der Waals surface area contributed by atoms with Crippen molar-refractivity contribution in [2.45, 2.75) is 9.79 Å². The van der Waals surface area contributed by atoms with E-state index in [1.54, 1.807) is 11.8 Å². The Morgan fingerprint density at radius 1 is 0.724 bits per heavy atom. The van der Waals surface area contributed by atoms with Crippen LogP contribution in [0.5, 0.6) is 0 Å². The Morgan fingerprint density at radius 3 is 2.34 bits per heavy atom. The van der Waals surface area contributed by atoms with E-state index in [0.29, 0.717) is 0 Å². The van der Waals surface area contributed by atoms with Crippen LogP contribution >= 0.6 is 11.8 Å². The Morgan fingerprint density at radius 2 is 1.48 bits per heavy atom. The molecule has 3 nitrogen and oxygen atoms in total. The highest BCUT2D eigenvalue weighted by Gasteiger charge is 2.20. The quantitative estimate of drug-likeness (QED) is 0.344. The molecule has 0 amide bonds. The average molecular weight is 393 g/mol. The lowest BCUT2D eigenvalue weighted by Gasteiger charge is -2.07. The molecule has 3 aromatic carbocycles. The van der Waals surface area contributed by atoms with E-state index in [-0.39, 0.29) is 0 Å². The van der Waals surface area contributed by atoms with Gasteiger partial charge in [0.2, 0.25) is 5.71 Å². The fourth-order valence-electron chi connectivity index (χ4n) is 3.92. The van der Waals surface area contributed by atoms with Crippen LogP contribution in [0, 0.1) is 0 Å². The van der Waals surface area contributed by atoms with Crippen molar-refractivity contribution in [2.24, 2.45) is 0 Å². The van der Waals surface area contributed by atoms with Crippen LogP contribution in [0.2, 0.25) is 0 Å². The molecule has 0 saturated heterocycles. The first-order chi connectivity index (χ1) is 14.4. The monoisotopic (exact) mass is 393 g/mol. The van der Waals surface area contributed by atoms with Gasteiger partial charge >= 0.3 is 0 Å². The molecular weight excluding hydrogens is 376 g/mol. The summed E-state index contributed by atoms with van der Waals surface area (Å²) >= 11 is 1.77. The Balaban J connectivity index is 1.53. The van der Waals surface area contributed by atoms with Gasteiger partial charge in [-0.25, -0.2) is 4.98 Å². The van der Waals surface area contributed by atoms with Crippen LogP contribution in [0.4, 0.5) is 0 Å². The van der Waals surface area contributed by atoms with Crippen molar-refractivity contribution < 1.29 is 9.40 Å². The van der Waals surface area contributed by atoms with Gasteiger partial charge in [0.15, 0.2) is 12.4 Å². The summed E-state index contributed by atoms with van der Waals surface area (Å²) in [5, 5.41) is 3.49. The van der Waals surface area contributed by atoms with Crippen molar-refractivity contribution in [2.75, 3.05) is 0 Å². The fraction of sp³-hybridized carbons (Fsp3) is 0. The average Bonchev–Trinajstić information content (AvgIpc) is 3.30. The van der Waals surface area contributed by atoms with E-state index in [4.69, 9.17) is 4.42 Å². The first kappa shape index (κ1) is 16.5. The first-order valence-electron chi connectivity index (χ1n) is 9.53. The van der Waals surface area contributed by atoms with Crippen LogP contribution in [0.3, 0.4) is 0 Å². The summed E-state index contributed by atoms with van der Waals surface area (Å²) in [5.41, 5.74) is 3.98. The van der Waals surface area contributed by atoms with Crippen LogP contribution in [0.25, 0.3) is 38.7 Å². The maximum Gasteiger partial charge on any atom is 0.214 e. The Labute approximate surface area is 171 Å². The number of hydrogen-bond acceptors (Lipinski definition) is 2. The minimum Gasteiger partial charge on any atom is -0.439 e. The number of furan rings is 1. The Bertz CT molecular complexity index is 1460. The van der Waals surface area contributed by atoms with Gasteiger partial charge in [-0.3, -0.25) is 4.57 Å². The Kier molecular flexibility index (Phi) is 3.71. The number of aromatic amines is 1. The summed E-state index contributed by atoms with van der Waals surface area (Å²) in [4.78, 5) is 5.67. The third-order valence-electron chi connectivity index (χ3n) is 5.21. The lowest BCUT2D eigenvalue weighted by molar-refractivity contribution is -0.376. The molecule has 3 heterocycles. The molecule has 0 bridgehead atoms. The lowest BCUT2D eigenvalue weighted by Crippen LogP contribution is -2.00. The summed E-state index contributed by atoms with van der Waals surface area (Å²) in [5.74, 6) is 0. The van der Waals surface area contributed by atoms with Crippen LogP contribution in [-0.4, -0.2) is 4.57 Å². The van der Waals surface area contributed by atoms with Gasteiger partial charge in [0, 0.05) is 32.3 Å². The van der Waals surface area contributed by atoms with Crippen molar-refractivity contribution in [1.82, 2.24) is 4.57 Å². The predicted octanol–water partition coefficient (Wildman–Crippen LogP) is 6.50. The standard InChI is InChI=1S/C25H16N2OS/c1-2-6-18(7-3-1)29-19-12-10-17(11-13-19)27-22-16-26-15-14-20(22)24-21-8-4-5-9-23(21)28-25(24)27/h1-16H/p+1. The number of nitrogens with zero attached hydrogens (tertiary/aromatic N) is 1. The molecule has 0 aliphatic heterocycles. The molecule has 0 aliphatic rings. The largest absolute Gasteiger partial charge is 0.439 e. The van der Waals surface area contributed by atoms with E-state index in [1.807, 2.05) is 30.6 Å². The molecule has 3 aromatic heterocycles. The van der Waals surface area contributed by atoms with Gasteiger partial charge in [0.05, 0.1) is 5.39 Å². The summed E-state index contributed by atoms with van der Waals surface area (Å²) < 4.78 is 8.49. The molecule has 1 N–H and O–H groups in total. The smallest absolute Gasteiger partial charge is 0.214 e. The third-order valence-corrected chi connectivity index (χ3v) is 6.22. The summed E-state index contributed by atoms with van der Waals surface area (Å²) in [6.45, 7) is 0. The molecule has 0 fully saturated rings. The summed E-state index contributed by atoms with van der Waals surface area (Å²) in [7, 11) is 0. The van der Waals surface area contributed by atoms with E-state index in [2.05, 4.69) is 76.3 Å². The van der Waals surface area contributed by atoms with Crippen molar-refractivity contribution in [1.29, 1.82) is 0 Å². The van der Waals surface area contributed by atoms with Gasteiger partial charge in [-0.1, -0.05) is 48.2 Å². The lowest BCUT2D eigenvalue weighted by atomic mass is 10.1. The van der Waals surface area contributed by atoms with Crippen molar-refractivity contribution >= 4 is 44.7 Å². The highest BCUT2D eigenvalue weighted by atomic mass is 32.2.